The van der Waals surface area contributed by atoms with E-state index in [1.807, 2.05) is 0 Å². The number of hydrogen-bond donors (Lipinski definition) is 2. The molecule has 1 nitrogen and oxygen atoms in total. The zero-order chi connectivity index (χ0) is 8.27. The Morgan fingerprint density at radius 1 is 1.27 bits per heavy atom. The molecule has 0 bridgehead atoms. The van der Waals surface area contributed by atoms with Crippen molar-refractivity contribution in [3.05, 3.63) is 0 Å². The van der Waals surface area contributed by atoms with Crippen LogP contribution in [0.1, 0.15) is 39.5 Å². The van der Waals surface area contributed by atoms with Gasteiger partial charge in [-0.2, -0.15) is 12.6 Å². The quantitative estimate of drug-likeness (QED) is 0.483. The van der Waals surface area contributed by atoms with Crippen LogP contribution in [0, 0.1) is 5.92 Å². The van der Waals surface area contributed by atoms with Crippen molar-refractivity contribution in [3.63, 3.8) is 0 Å². The van der Waals surface area contributed by atoms with Gasteiger partial charge < -0.3 is 5.32 Å². The van der Waals surface area contributed by atoms with Crippen LogP contribution in [-0.4, -0.2) is 11.4 Å². The maximum Gasteiger partial charge on any atom is 0.0475 e. The minimum absolute atomic E-state index is 0.355. The molecule has 1 rings (SSSR count). The Kier molecular flexibility index (Phi) is 3.73. The van der Waals surface area contributed by atoms with Crippen LogP contribution in [0.2, 0.25) is 0 Å². The third kappa shape index (κ3) is 3.48. The molecule has 1 atom stereocenters. The van der Waals surface area contributed by atoms with Gasteiger partial charge in [0.15, 0.2) is 0 Å². The van der Waals surface area contributed by atoms with Crippen LogP contribution >= 0.6 is 12.6 Å². The van der Waals surface area contributed by atoms with Gasteiger partial charge in [0.25, 0.3) is 0 Å². The third-order valence-electron chi connectivity index (χ3n) is 2.49. The molecule has 1 aliphatic carbocycles. The van der Waals surface area contributed by atoms with Gasteiger partial charge in [-0.1, -0.05) is 6.92 Å². The average molecular weight is 173 g/mol. The van der Waals surface area contributed by atoms with Crippen molar-refractivity contribution in [1.29, 1.82) is 0 Å². The van der Waals surface area contributed by atoms with E-state index in [0.717, 1.165) is 12.0 Å². The summed E-state index contributed by atoms with van der Waals surface area (Å²) in [5.74, 6) is 0.947. The van der Waals surface area contributed by atoms with E-state index >= 15 is 0 Å². The Balaban J connectivity index is 2.17. The smallest absolute Gasteiger partial charge is 0.0475 e. The normalized spacial score (nSPS) is 35.2. The van der Waals surface area contributed by atoms with E-state index in [1.54, 1.807) is 0 Å². The van der Waals surface area contributed by atoms with Crippen LogP contribution in [0.4, 0.5) is 0 Å². The molecule has 0 spiro atoms. The van der Waals surface area contributed by atoms with Crippen LogP contribution < -0.4 is 5.32 Å². The molecule has 0 amide bonds. The molecule has 1 fully saturated rings. The third-order valence-corrected chi connectivity index (χ3v) is 2.64. The van der Waals surface area contributed by atoms with Crippen LogP contribution in [-0.2, 0) is 0 Å². The first-order valence-corrected chi connectivity index (χ1v) is 5.14. The second kappa shape index (κ2) is 4.36. The minimum Gasteiger partial charge on any atom is -0.303 e. The first-order valence-electron chi connectivity index (χ1n) is 4.62. The highest BCUT2D eigenvalue weighted by Gasteiger charge is 2.17. The number of rotatable bonds is 2. The topological polar surface area (TPSA) is 12.0 Å². The molecule has 0 aromatic heterocycles. The second-order valence-corrected chi connectivity index (χ2v) is 4.57. The van der Waals surface area contributed by atoms with E-state index in [4.69, 9.17) is 0 Å². The lowest BCUT2D eigenvalue weighted by atomic mass is 9.87. The van der Waals surface area contributed by atoms with E-state index in [-0.39, 0.29) is 0 Å². The molecule has 0 heterocycles. The van der Waals surface area contributed by atoms with Gasteiger partial charge in [-0.25, -0.2) is 0 Å². The van der Waals surface area contributed by atoms with Crippen molar-refractivity contribution in [1.82, 2.24) is 5.32 Å². The summed E-state index contributed by atoms with van der Waals surface area (Å²) in [6.45, 7) is 4.45. The highest BCUT2D eigenvalue weighted by atomic mass is 32.1. The van der Waals surface area contributed by atoms with Crippen molar-refractivity contribution in [3.8, 4) is 0 Å². The van der Waals surface area contributed by atoms with E-state index < -0.39 is 0 Å². The van der Waals surface area contributed by atoms with E-state index in [2.05, 4.69) is 31.8 Å². The highest BCUT2D eigenvalue weighted by molar-refractivity contribution is 7.80. The molecule has 1 N–H and O–H groups in total. The Hall–Kier alpha value is 0.310. The summed E-state index contributed by atoms with van der Waals surface area (Å²) in [5.41, 5.74) is 0. The Labute approximate surface area is 75.4 Å². The SMILES string of the molecule is CC1CCC(NC(C)S)CC1. The summed E-state index contributed by atoms with van der Waals surface area (Å²) in [6, 6.07) is 0.735. The van der Waals surface area contributed by atoms with Crippen LogP contribution in [0.5, 0.6) is 0 Å². The lowest BCUT2D eigenvalue weighted by molar-refractivity contribution is 0.307. The zero-order valence-corrected chi connectivity index (χ0v) is 8.40. The molecule has 1 aliphatic rings. The van der Waals surface area contributed by atoms with E-state index in [1.165, 1.54) is 25.7 Å². The van der Waals surface area contributed by atoms with Crippen molar-refractivity contribution in [2.24, 2.45) is 5.92 Å². The molecule has 66 valence electrons. The largest absolute Gasteiger partial charge is 0.303 e. The molecule has 1 unspecified atom stereocenters. The van der Waals surface area contributed by atoms with Gasteiger partial charge in [0.05, 0.1) is 0 Å². The maximum absolute atomic E-state index is 4.32. The molecule has 11 heavy (non-hydrogen) atoms. The van der Waals surface area contributed by atoms with Gasteiger partial charge in [-0.05, 0) is 38.5 Å². The van der Waals surface area contributed by atoms with Gasteiger partial charge in [-0.3, -0.25) is 0 Å². The van der Waals surface area contributed by atoms with Gasteiger partial charge in [0, 0.05) is 11.4 Å². The summed E-state index contributed by atoms with van der Waals surface area (Å²) < 4.78 is 0. The van der Waals surface area contributed by atoms with Gasteiger partial charge in [0.1, 0.15) is 0 Å². The van der Waals surface area contributed by atoms with Crippen LogP contribution in [0.15, 0.2) is 0 Å². The van der Waals surface area contributed by atoms with Crippen molar-refractivity contribution in [2.75, 3.05) is 0 Å². The summed E-state index contributed by atoms with van der Waals surface area (Å²) in [4.78, 5) is 0. The Morgan fingerprint density at radius 2 is 1.82 bits per heavy atom. The fraction of sp³-hybridized carbons (Fsp3) is 1.00. The maximum atomic E-state index is 4.32. The number of nitrogens with one attached hydrogen (secondary N) is 1. The molecule has 0 aromatic rings. The summed E-state index contributed by atoms with van der Waals surface area (Å²) in [5, 5.41) is 3.82. The highest BCUT2D eigenvalue weighted by Crippen LogP contribution is 2.23. The Morgan fingerprint density at radius 3 is 2.27 bits per heavy atom. The molecule has 0 saturated heterocycles. The minimum atomic E-state index is 0.355. The first kappa shape index (κ1) is 9.40. The molecule has 0 radical (unpaired) electrons. The summed E-state index contributed by atoms with van der Waals surface area (Å²) in [7, 11) is 0. The monoisotopic (exact) mass is 173 g/mol. The second-order valence-electron chi connectivity index (χ2n) is 3.80. The predicted octanol–water partition coefficient (Wildman–Crippen LogP) is 2.43. The van der Waals surface area contributed by atoms with Gasteiger partial charge in [0.2, 0.25) is 0 Å². The predicted molar refractivity (Wildman–Crippen MR) is 53.0 cm³/mol. The van der Waals surface area contributed by atoms with E-state index in [0.29, 0.717) is 5.37 Å². The van der Waals surface area contributed by atoms with E-state index in [9.17, 15) is 0 Å². The molecular formula is C9H19NS. The fourth-order valence-electron chi connectivity index (χ4n) is 1.77. The lowest BCUT2D eigenvalue weighted by Crippen LogP contribution is -2.36. The fourth-order valence-corrected chi connectivity index (χ4v) is 1.98. The van der Waals surface area contributed by atoms with Gasteiger partial charge >= 0.3 is 0 Å². The van der Waals surface area contributed by atoms with Crippen LogP contribution in [0.3, 0.4) is 0 Å². The average Bonchev–Trinajstić information content (AvgIpc) is 1.93. The van der Waals surface area contributed by atoms with Crippen molar-refractivity contribution in [2.45, 2.75) is 50.9 Å². The first-order chi connectivity index (χ1) is 5.18. The van der Waals surface area contributed by atoms with Crippen LogP contribution in [0.25, 0.3) is 0 Å². The molecule has 2 heteroatoms. The molecule has 1 saturated carbocycles. The van der Waals surface area contributed by atoms with Crippen molar-refractivity contribution < 1.29 is 0 Å². The number of thiol groups is 1. The zero-order valence-electron chi connectivity index (χ0n) is 7.51. The lowest BCUT2D eigenvalue weighted by Gasteiger charge is -2.28. The Bertz CT molecular complexity index is 106. The van der Waals surface area contributed by atoms with Gasteiger partial charge in [-0.15, -0.1) is 0 Å². The molecule has 0 aliphatic heterocycles. The summed E-state index contributed by atoms with van der Waals surface area (Å²) in [6.07, 6.45) is 5.45. The number of hydrogen-bond acceptors (Lipinski definition) is 2. The van der Waals surface area contributed by atoms with Crippen molar-refractivity contribution >= 4 is 12.6 Å². The molecule has 0 aromatic carbocycles. The molecular weight excluding hydrogens is 154 g/mol. The summed E-state index contributed by atoms with van der Waals surface area (Å²) >= 11 is 4.32. The standard InChI is InChI=1S/C9H19NS/c1-7-3-5-9(6-4-7)10-8(2)11/h7-11H,3-6H2,1-2H3.